The second-order valence-electron chi connectivity index (χ2n) is 15.5. The number of anilines is 3. The molecule has 4 aliphatic rings. The zero-order valence-corrected chi connectivity index (χ0v) is 36.2. The van der Waals surface area contributed by atoms with E-state index in [4.69, 9.17) is 32.7 Å². The van der Waals surface area contributed by atoms with Crippen LogP contribution in [0.1, 0.15) is 29.9 Å². The summed E-state index contributed by atoms with van der Waals surface area (Å²) >= 11 is 16.2. The number of rotatable bonds is 10. The van der Waals surface area contributed by atoms with Gasteiger partial charge in [0.2, 0.25) is 11.8 Å². The lowest BCUT2D eigenvalue weighted by Gasteiger charge is -2.50. The van der Waals surface area contributed by atoms with Crippen molar-refractivity contribution in [3.63, 3.8) is 0 Å². The number of hydrogen-bond donors (Lipinski definition) is 2. The van der Waals surface area contributed by atoms with Crippen molar-refractivity contribution in [1.82, 2.24) is 5.01 Å². The van der Waals surface area contributed by atoms with E-state index in [1.54, 1.807) is 36.4 Å². The third kappa shape index (κ3) is 6.33. The zero-order chi connectivity index (χ0) is 44.7. The molecule has 2 heterocycles. The first kappa shape index (κ1) is 42.5. The summed E-state index contributed by atoms with van der Waals surface area (Å²) in [5.41, 5.74) is 0.158. The lowest BCUT2D eigenvalue weighted by molar-refractivity contribution is -0.392. The molecular formula is C42H35BrCl2N6O11. The Balaban J connectivity index is 1.35. The Morgan fingerprint density at radius 3 is 2.13 bits per heavy atom. The van der Waals surface area contributed by atoms with Crippen LogP contribution in [0.5, 0.6) is 17.2 Å². The smallest absolute Gasteiger partial charge is 0.301 e. The molecule has 4 aromatic carbocycles. The highest BCUT2D eigenvalue weighted by molar-refractivity contribution is 9.10. The van der Waals surface area contributed by atoms with Gasteiger partial charge in [-0.25, -0.2) is 4.90 Å². The minimum Gasteiger partial charge on any atom is -0.504 e. The summed E-state index contributed by atoms with van der Waals surface area (Å²) in [6.45, 7) is 0. The number of nitro groups is 2. The quantitative estimate of drug-likeness (QED) is 0.0681. The summed E-state index contributed by atoms with van der Waals surface area (Å²) in [6, 6.07) is 16.1. The van der Waals surface area contributed by atoms with Crippen molar-refractivity contribution in [2.24, 2.45) is 23.7 Å². The third-order valence-corrected chi connectivity index (χ3v) is 13.3. The molecule has 2 saturated heterocycles. The molecule has 320 valence electrons. The predicted octanol–water partition coefficient (Wildman–Crippen LogP) is 7.55. The van der Waals surface area contributed by atoms with Crippen LogP contribution in [-0.2, 0) is 24.6 Å². The maximum atomic E-state index is 15.6. The fourth-order valence-electron chi connectivity index (χ4n) is 9.87. The Labute approximate surface area is 371 Å². The number of hydrazine groups is 1. The number of ether oxygens (including phenoxy) is 2. The van der Waals surface area contributed by atoms with Crippen molar-refractivity contribution < 1.29 is 43.6 Å². The third-order valence-electron chi connectivity index (χ3n) is 12.3. The largest absolute Gasteiger partial charge is 0.504 e. The number of fused-ring (bicyclic) bond motifs is 4. The van der Waals surface area contributed by atoms with Crippen molar-refractivity contribution in [1.29, 1.82) is 0 Å². The number of carbonyl (C=O) groups excluding carboxylic acids is 4. The summed E-state index contributed by atoms with van der Waals surface area (Å²) < 4.78 is 11.5. The van der Waals surface area contributed by atoms with Gasteiger partial charge in [-0.3, -0.25) is 44.8 Å². The average molecular weight is 951 g/mol. The molecule has 62 heavy (non-hydrogen) atoms. The lowest BCUT2D eigenvalue weighted by Crippen LogP contribution is -2.53. The van der Waals surface area contributed by atoms with Crippen LogP contribution < -0.4 is 24.7 Å². The highest BCUT2D eigenvalue weighted by Crippen LogP contribution is 2.66. The van der Waals surface area contributed by atoms with E-state index in [9.17, 15) is 34.9 Å². The Hall–Kier alpha value is -6.24. The van der Waals surface area contributed by atoms with Crippen LogP contribution in [0.3, 0.4) is 0 Å². The second kappa shape index (κ2) is 15.6. The molecule has 3 fully saturated rings. The summed E-state index contributed by atoms with van der Waals surface area (Å²) in [4.78, 5) is 84.9. The number of imide groups is 2. The molecular weight excluding hydrogens is 915 g/mol. The predicted molar refractivity (Wildman–Crippen MR) is 230 cm³/mol. The van der Waals surface area contributed by atoms with Gasteiger partial charge < -0.3 is 19.5 Å². The van der Waals surface area contributed by atoms with E-state index < -0.39 is 79.9 Å². The number of halogens is 3. The zero-order valence-electron chi connectivity index (χ0n) is 33.1. The molecule has 8 rings (SSSR count). The number of nitro benzene ring substituents is 2. The average Bonchev–Trinajstić information content (AvgIpc) is 3.62. The number of methoxy groups -OCH3 is 2. The van der Waals surface area contributed by atoms with Crippen LogP contribution >= 0.6 is 39.1 Å². The highest BCUT2D eigenvalue weighted by atomic mass is 79.9. The number of phenols is 1. The summed E-state index contributed by atoms with van der Waals surface area (Å²) in [5, 5.41) is 37.9. The van der Waals surface area contributed by atoms with Gasteiger partial charge in [0.05, 0.1) is 63.6 Å². The number of amides is 4. The Kier molecular flexibility index (Phi) is 10.7. The minimum absolute atomic E-state index is 0.0366. The van der Waals surface area contributed by atoms with Gasteiger partial charge in [0.25, 0.3) is 11.8 Å². The molecule has 4 aromatic rings. The number of allylic oxidation sites excluding steroid dienone is 2. The van der Waals surface area contributed by atoms with Gasteiger partial charge in [0, 0.05) is 47.2 Å². The molecule has 0 aromatic heterocycles. The van der Waals surface area contributed by atoms with E-state index in [0.717, 1.165) is 22.0 Å². The van der Waals surface area contributed by atoms with Crippen molar-refractivity contribution in [2.75, 3.05) is 43.5 Å². The van der Waals surface area contributed by atoms with Crippen molar-refractivity contribution in [3.8, 4) is 17.2 Å². The number of hydrogen-bond acceptors (Lipinski definition) is 13. The maximum Gasteiger partial charge on any atom is 0.301 e. The van der Waals surface area contributed by atoms with Crippen molar-refractivity contribution in [2.45, 2.75) is 24.2 Å². The first-order chi connectivity index (χ1) is 29.4. The van der Waals surface area contributed by atoms with Gasteiger partial charge in [-0.15, -0.1) is 0 Å². The molecule has 17 nitrogen and oxygen atoms in total. The lowest BCUT2D eigenvalue weighted by atomic mass is 9.49. The molecule has 6 atom stereocenters. The molecule has 0 bridgehead atoms. The Morgan fingerprint density at radius 2 is 1.55 bits per heavy atom. The Morgan fingerprint density at radius 1 is 0.887 bits per heavy atom. The van der Waals surface area contributed by atoms with E-state index in [0.29, 0.717) is 26.4 Å². The molecule has 4 amide bonds. The van der Waals surface area contributed by atoms with Crippen LogP contribution in [-0.4, -0.2) is 71.9 Å². The van der Waals surface area contributed by atoms with Crippen molar-refractivity contribution >= 4 is 91.2 Å². The second-order valence-corrected chi connectivity index (χ2v) is 17.3. The monoisotopic (exact) mass is 948 g/mol. The first-order valence-electron chi connectivity index (χ1n) is 19.0. The van der Waals surface area contributed by atoms with Crippen LogP contribution in [0.2, 0.25) is 10.0 Å². The Bertz CT molecular complexity index is 2640. The summed E-state index contributed by atoms with van der Waals surface area (Å²) in [6.07, 6.45) is 1.52. The van der Waals surface area contributed by atoms with Crippen LogP contribution in [0, 0.1) is 43.9 Å². The molecule has 2 N–H and O–H groups in total. The molecule has 2 aliphatic heterocycles. The fraction of sp³-hybridized carbons (Fsp3) is 0.286. The number of nitrogens with one attached hydrogen (secondary N) is 1. The van der Waals surface area contributed by atoms with Crippen molar-refractivity contribution in [3.05, 3.63) is 124 Å². The molecule has 0 radical (unpaired) electrons. The van der Waals surface area contributed by atoms with Gasteiger partial charge in [-0.1, -0.05) is 62.9 Å². The number of aromatic hydroxyl groups is 1. The highest BCUT2D eigenvalue weighted by Gasteiger charge is 2.71. The van der Waals surface area contributed by atoms with Gasteiger partial charge in [-0.2, -0.15) is 5.01 Å². The SMILES string of the molecule is COc1ccc(C23C(=O)N(Nc4ccc(Cl)cc4Cl)C(=O)C2CC2C(=CCC4C(=O)N(c5cc([N+](=O)[O-])c(N(C)C)c([N+](=O)[O-])c5)C(=O)C42)C3c2cc(Br)cc(OC)c2O)cc1. The van der Waals surface area contributed by atoms with Gasteiger partial charge in [0.1, 0.15) is 5.75 Å². The normalized spacial score (nSPS) is 24.0. The van der Waals surface area contributed by atoms with Crippen LogP contribution in [0.4, 0.5) is 28.4 Å². The fourth-order valence-corrected chi connectivity index (χ4v) is 10.8. The summed E-state index contributed by atoms with van der Waals surface area (Å²) in [5.74, 6) is -8.50. The summed E-state index contributed by atoms with van der Waals surface area (Å²) in [7, 11) is 5.61. The number of phenolic OH excluding ortho intramolecular Hbond substituents is 1. The van der Waals surface area contributed by atoms with E-state index in [-0.39, 0.29) is 52.0 Å². The van der Waals surface area contributed by atoms with E-state index in [1.165, 1.54) is 57.5 Å². The van der Waals surface area contributed by atoms with Crippen LogP contribution in [0.25, 0.3) is 0 Å². The van der Waals surface area contributed by atoms with Gasteiger partial charge >= 0.3 is 11.4 Å². The number of nitrogens with zero attached hydrogens (tertiary/aromatic N) is 5. The topological polar surface area (TPSA) is 215 Å². The molecule has 2 aliphatic carbocycles. The number of carbonyl (C=O) groups is 4. The van der Waals surface area contributed by atoms with Gasteiger partial charge in [-0.05, 0) is 66.8 Å². The first-order valence-corrected chi connectivity index (χ1v) is 20.5. The van der Waals surface area contributed by atoms with Gasteiger partial charge in [0.15, 0.2) is 17.2 Å². The molecule has 0 spiro atoms. The van der Waals surface area contributed by atoms with Crippen LogP contribution in [0.15, 0.2) is 82.9 Å². The van der Waals surface area contributed by atoms with E-state index in [2.05, 4.69) is 21.4 Å². The minimum atomic E-state index is -1.83. The maximum absolute atomic E-state index is 15.6. The standard InChI is InChI=1S/C42H35BrCl2N6O11/c1-47(2)36-31(50(57)58)16-22(17-32(36)51(59)60)48-38(53)25-11-10-24-26(34(25)40(48)55)18-28-39(54)49(46-30-12-7-21(44)15-29(30)45)41(56)42(28,19-5-8-23(61-3)9-6-19)35(24)27-13-20(43)14-33(62-4)37(27)52/h5-10,12-17,25-26,28,34-35,46,52H,11,18H2,1-4H3. The molecule has 6 unspecified atom stereocenters. The number of benzene rings is 4. The molecule has 20 heteroatoms. The van der Waals surface area contributed by atoms with E-state index in [1.807, 2.05) is 0 Å². The van der Waals surface area contributed by atoms with E-state index >= 15 is 9.59 Å². The molecule has 1 saturated carbocycles.